The van der Waals surface area contributed by atoms with E-state index >= 15 is 0 Å². The number of carbonyl (C=O) groups is 1. The number of hydrogen-bond donors (Lipinski definition) is 2. The minimum atomic E-state index is -3.43. The molecular weight excluding hydrogens is 350 g/mol. The average Bonchev–Trinajstić information content (AvgIpc) is 2.90. The van der Waals surface area contributed by atoms with Gasteiger partial charge in [-0.1, -0.05) is 26.0 Å². The molecule has 1 aromatic carbocycles. The zero-order chi connectivity index (χ0) is 17.1. The van der Waals surface area contributed by atoms with E-state index in [1.165, 1.54) is 0 Å². The Labute approximate surface area is 150 Å². The summed E-state index contributed by atoms with van der Waals surface area (Å²) < 4.78 is 26.5. The summed E-state index contributed by atoms with van der Waals surface area (Å²) in [4.78, 5) is 14.5. The van der Waals surface area contributed by atoms with Crippen LogP contribution in [-0.2, 0) is 10.0 Å². The second-order valence-electron chi connectivity index (χ2n) is 6.46. The molecule has 136 valence electrons. The van der Waals surface area contributed by atoms with Gasteiger partial charge >= 0.3 is 0 Å². The van der Waals surface area contributed by atoms with E-state index < -0.39 is 10.0 Å². The lowest BCUT2D eigenvalue weighted by Crippen LogP contribution is -2.35. The van der Waals surface area contributed by atoms with E-state index in [-0.39, 0.29) is 29.5 Å². The van der Waals surface area contributed by atoms with Gasteiger partial charge in [0.15, 0.2) is 0 Å². The molecule has 1 atom stereocenters. The van der Waals surface area contributed by atoms with Gasteiger partial charge in [-0.2, -0.15) is 0 Å². The molecular formula is C16H26ClN3O3S. The molecule has 1 unspecified atom stereocenters. The lowest BCUT2D eigenvalue weighted by Gasteiger charge is -2.23. The Morgan fingerprint density at radius 2 is 2.04 bits per heavy atom. The Morgan fingerprint density at radius 3 is 2.62 bits per heavy atom. The second kappa shape index (κ2) is 8.18. The van der Waals surface area contributed by atoms with E-state index in [1.54, 1.807) is 36.1 Å². The van der Waals surface area contributed by atoms with Crippen molar-refractivity contribution in [2.45, 2.75) is 26.7 Å². The van der Waals surface area contributed by atoms with Crippen LogP contribution in [-0.4, -0.2) is 44.6 Å². The number of carbonyl (C=O) groups excluding carboxylic acids is 1. The molecule has 0 saturated carbocycles. The number of benzene rings is 1. The molecule has 0 aliphatic carbocycles. The molecule has 1 aromatic rings. The highest BCUT2D eigenvalue weighted by atomic mass is 35.5. The maximum Gasteiger partial charge on any atom is 0.256 e. The normalized spacial score (nSPS) is 20.5. The fourth-order valence-corrected chi connectivity index (χ4v) is 3.93. The fraction of sp³-hybridized carbons (Fsp3) is 0.562. The van der Waals surface area contributed by atoms with E-state index in [2.05, 4.69) is 11.6 Å². The topological polar surface area (TPSA) is 92.5 Å². The number of anilines is 1. The second-order valence-corrected chi connectivity index (χ2v) is 8.30. The molecule has 6 nitrogen and oxygen atoms in total. The molecule has 1 saturated heterocycles. The number of nitrogens with two attached hydrogens (primary N) is 1. The first-order valence-corrected chi connectivity index (χ1v) is 9.54. The largest absolute Gasteiger partial charge is 0.338 e. The fourth-order valence-electron chi connectivity index (χ4n) is 2.78. The number of amides is 1. The predicted molar refractivity (Wildman–Crippen MR) is 99.1 cm³/mol. The Balaban J connectivity index is 0.00000288. The van der Waals surface area contributed by atoms with Gasteiger partial charge in [-0.25, -0.2) is 8.42 Å². The van der Waals surface area contributed by atoms with Gasteiger partial charge in [0.2, 0.25) is 10.0 Å². The number of hydrogen-bond acceptors (Lipinski definition) is 4. The summed E-state index contributed by atoms with van der Waals surface area (Å²) in [6.07, 6.45) is 1.38. The zero-order valence-corrected chi connectivity index (χ0v) is 15.8. The first-order valence-electron chi connectivity index (χ1n) is 7.89. The summed E-state index contributed by atoms with van der Waals surface area (Å²) in [5.41, 5.74) is 6.45. The van der Waals surface area contributed by atoms with Crippen molar-refractivity contribution in [2.24, 2.45) is 11.1 Å². The van der Waals surface area contributed by atoms with Gasteiger partial charge in [0.05, 0.1) is 17.0 Å². The van der Waals surface area contributed by atoms with Crippen LogP contribution in [0.1, 0.15) is 37.0 Å². The van der Waals surface area contributed by atoms with Crippen LogP contribution in [0.4, 0.5) is 5.69 Å². The number of nitrogens with one attached hydrogen (secondary N) is 1. The van der Waals surface area contributed by atoms with Crippen LogP contribution in [0.5, 0.6) is 0 Å². The van der Waals surface area contributed by atoms with Gasteiger partial charge in [-0.3, -0.25) is 9.52 Å². The van der Waals surface area contributed by atoms with Gasteiger partial charge < -0.3 is 10.6 Å². The SMILES string of the molecule is CCCS(=O)(=O)Nc1ccccc1C(=O)N1CCC(C)(CN)C1.Cl. The maximum atomic E-state index is 12.8. The third-order valence-corrected chi connectivity index (χ3v) is 5.71. The van der Waals surface area contributed by atoms with Crippen LogP contribution in [0.15, 0.2) is 24.3 Å². The molecule has 2 rings (SSSR count). The Morgan fingerprint density at radius 1 is 1.38 bits per heavy atom. The molecule has 1 aliphatic heterocycles. The van der Waals surface area contributed by atoms with Crippen molar-refractivity contribution in [3.63, 3.8) is 0 Å². The number of nitrogens with zero attached hydrogens (tertiary/aromatic N) is 1. The maximum absolute atomic E-state index is 12.8. The molecule has 0 spiro atoms. The number of halogens is 1. The molecule has 0 bridgehead atoms. The van der Waals surface area contributed by atoms with Crippen LogP contribution < -0.4 is 10.5 Å². The van der Waals surface area contributed by atoms with Gasteiger partial charge in [0, 0.05) is 13.1 Å². The molecule has 1 fully saturated rings. The van der Waals surface area contributed by atoms with E-state index in [9.17, 15) is 13.2 Å². The van der Waals surface area contributed by atoms with Crippen molar-refractivity contribution in [2.75, 3.05) is 30.1 Å². The van der Waals surface area contributed by atoms with Crippen molar-refractivity contribution in [1.29, 1.82) is 0 Å². The standard InChI is InChI=1S/C16H25N3O3S.ClH/c1-3-10-23(21,22)18-14-7-5-4-6-13(14)15(20)19-9-8-16(2,11-17)12-19;/h4-7,18H,3,8-12,17H2,1-2H3;1H. The smallest absolute Gasteiger partial charge is 0.256 e. The van der Waals surface area contributed by atoms with Crippen molar-refractivity contribution in [1.82, 2.24) is 4.90 Å². The zero-order valence-electron chi connectivity index (χ0n) is 14.1. The van der Waals surface area contributed by atoms with E-state index in [0.717, 1.165) is 6.42 Å². The van der Waals surface area contributed by atoms with E-state index in [4.69, 9.17) is 5.73 Å². The Kier molecular flexibility index (Phi) is 7.07. The van der Waals surface area contributed by atoms with Crippen molar-refractivity contribution < 1.29 is 13.2 Å². The number of likely N-dealkylation sites (tertiary alicyclic amines) is 1. The first-order chi connectivity index (χ1) is 10.8. The third kappa shape index (κ3) is 4.84. The van der Waals surface area contributed by atoms with Crippen molar-refractivity contribution >= 4 is 34.0 Å². The van der Waals surface area contributed by atoms with Crippen LogP contribution in [0.25, 0.3) is 0 Å². The monoisotopic (exact) mass is 375 g/mol. The minimum Gasteiger partial charge on any atom is -0.338 e. The summed E-state index contributed by atoms with van der Waals surface area (Å²) in [6.45, 7) is 5.63. The molecule has 1 amide bonds. The lowest BCUT2D eigenvalue weighted by molar-refractivity contribution is 0.0778. The van der Waals surface area contributed by atoms with Crippen LogP contribution in [0.3, 0.4) is 0 Å². The van der Waals surface area contributed by atoms with Crippen LogP contribution >= 0.6 is 12.4 Å². The molecule has 1 aliphatic rings. The molecule has 1 heterocycles. The van der Waals surface area contributed by atoms with Gasteiger partial charge in [0.1, 0.15) is 0 Å². The number of rotatable bonds is 6. The number of sulfonamides is 1. The van der Waals surface area contributed by atoms with Gasteiger partial charge in [0.25, 0.3) is 5.91 Å². The highest BCUT2D eigenvalue weighted by molar-refractivity contribution is 7.92. The van der Waals surface area contributed by atoms with E-state index in [0.29, 0.717) is 37.3 Å². The average molecular weight is 376 g/mol. The quantitative estimate of drug-likeness (QED) is 0.796. The molecule has 3 N–H and O–H groups in total. The summed E-state index contributed by atoms with van der Waals surface area (Å²) in [5, 5.41) is 0. The van der Waals surface area contributed by atoms with Gasteiger partial charge in [-0.15, -0.1) is 12.4 Å². The van der Waals surface area contributed by atoms with Crippen LogP contribution in [0, 0.1) is 5.41 Å². The highest BCUT2D eigenvalue weighted by Crippen LogP contribution is 2.30. The third-order valence-electron chi connectivity index (χ3n) is 4.23. The first kappa shape index (κ1) is 20.7. The van der Waals surface area contributed by atoms with Crippen molar-refractivity contribution in [3.8, 4) is 0 Å². The molecule has 24 heavy (non-hydrogen) atoms. The van der Waals surface area contributed by atoms with Crippen molar-refractivity contribution in [3.05, 3.63) is 29.8 Å². The summed E-state index contributed by atoms with van der Waals surface area (Å²) in [6, 6.07) is 6.74. The lowest BCUT2D eigenvalue weighted by atomic mass is 9.90. The summed E-state index contributed by atoms with van der Waals surface area (Å²) in [7, 11) is -3.43. The molecule has 0 aromatic heterocycles. The highest BCUT2D eigenvalue weighted by Gasteiger charge is 2.35. The Bertz CT molecular complexity index is 681. The number of para-hydroxylation sites is 1. The Hall–Kier alpha value is -1.31. The summed E-state index contributed by atoms with van der Waals surface area (Å²) >= 11 is 0. The van der Waals surface area contributed by atoms with Crippen LogP contribution in [0.2, 0.25) is 0 Å². The molecule has 0 radical (unpaired) electrons. The van der Waals surface area contributed by atoms with Gasteiger partial charge in [-0.05, 0) is 36.9 Å². The minimum absolute atomic E-state index is 0. The molecule has 8 heteroatoms. The predicted octanol–water partition coefficient (Wildman–Crippen LogP) is 2.07. The van der Waals surface area contributed by atoms with E-state index in [1.807, 2.05) is 0 Å². The summed E-state index contributed by atoms with van der Waals surface area (Å²) in [5.74, 6) is -0.123.